The quantitative estimate of drug-likeness (QED) is 0.370. The Morgan fingerprint density at radius 1 is 1.25 bits per heavy atom. The zero-order chi connectivity index (χ0) is 12.1. The van der Waals surface area contributed by atoms with Gasteiger partial charge in [0.05, 0.1) is 5.56 Å². The standard InChI is InChI=1S/C12H11IO3/c1-8(14)7-9(2)16-12(15)10-5-3-4-6-11(10)13/h3-7H,1-2H3/b9-7+. The molecule has 0 aliphatic heterocycles. The van der Waals surface area contributed by atoms with Crippen LogP contribution >= 0.6 is 22.6 Å². The molecule has 1 rings (SSSR count). The fourth-order valence-electron chi connectivity index (χ4n) is 1.14. The maximum atomic E-state index is 11.7. The molecule has 1 aromatic carbocycles. The molecule has 0 N–H and O–H groups in total. The van der Waals surface area contributed by atoms with Crippen LogP contribution in [0.15, 0.2) is 36.1 Å². The number of benzene rings is 1. The number of carbonyl (C=O) groups is 2. The predicted molar refractivity (Wildman–Crippen MR) is 69.0 cm³/mol. The molecule has 84 valence electrons. The van der Waals surface area contributed by atoms with E-state index in [-0.39, 0.29) is 5.78 Å². The van der Waals surface area contributed by atoms with Crippen molar-refractivity contribution in [3.05, 3.63) is 45.2 Å². The van der Waals surface area contributed by atoms with E-state index in [4.69, 9.17) is 4.74 Å². The summed E-state index contributed by atoms with van der Waals surface area (Å²) in [5, 5.41) is 0. The molecule has 0 amide bonds. The molecule has 0 heterocycles. The van der Waals surface area contributed by atoms with Gasteiger partial charge in [-0.2, -0.15) is 0 Å². The van der Waals surface area contributed by atoms with Crippen LogP contribution in [0.25, 0.3) is 0 Å². The predicted octanol–water partition coefficient (Wildman–Crippen LogP) is 2.94. The second-order valence-electron chi connectivity index (χ2n) is 3.24. The van der Waals surface area contributed by atoms with Crippen LogP contribution in [0, 0.1) is 3.57 Å². The average molecular weight is 330 g/mol. The number of halogens is 1. The van der Waals surface area contributed by atoms with Crippen LogP contribution < -0.4 is 0 Å². The SMILES string of the molecule is CC(=O)/C=C(\C)OC(=O)c1ccccc1I. The first kappa shape index (κ1) is 12.9. The molecule has 0 spiro atoms. The molecule has 0 saturated carbocycles. The topological polar surface area (TPSA) is 43.4 Å². The van der Waals surface area contributed by atoms with Gasteiger partial charge >= 0.3 is 5.97 Å². The van der Waals surface area contributed by atoms with E-state index in [2.05, 4.69) is 22.6 Å². The third-order valence-electron chi connectivity index (χ3n) is 1.75. The second-order valence-corrected chi connectivity index (χ2v) is 4.40. The van der Waals surface area contributed by atoms with Crippen LogP contribution in [0.4, 0.5) is 0 Å². The molecule has 4 heteroatoms. The number of hydrogen-bond donors (Lipinski definition) is 0. The van der Waals surface area contributed by atoms with Gasteiger partial charge in [-0.25, -0.2) is 4.79 Å². The Labute approximate surface area is 108 Å². The highest BCUT2D eigenvalue weighted by atomic mass is 127. The lowest BCUT2D eigenvalue weighted by Gasteiger charge is -2.05. The van der Waals surface area contributed by atoms with Crippen LogP contribution in [-0.2, 0) is 9.53 Å². The molecular weight excluding hydrogens is 319 g/mol. The van der Waals surface area contributed by atoms with Crippen molar-refractivity contribution >= 4 is 34.3 Å². The zero-order valence-electron chi connectivity index (χ0n) is 8.99. The highest BCUT2D eigenvalue weighted by molar-refractivity contribution is 14.1. The van der Waals surface area contributed by atoms with Gasteiger partial charge in [-0.3, -0.25) is 4.79 Å². The summed E-state index contributed by atoms with van der Waals surface area (Å²) in [7, 11) is 0. The van der Waals surface area contributed by atoms with Crippen LogP contribution in [0.1, 0.15) is 24.2 Å². The summed E-state index contributed by atoms with van der Waals surface area (Å²) in [5.74, 6) is -0.287. The maximum Gasteiger partial charge on any atom is 0.344 e. The largest absolute Gasteiger partial charge is 0.428 e. The van der Waals surface area contributed by atoms with Crippen LogP contribution in [0.5, 0.6) is 0 Å². The van der Waals surface area contributed by atoms with E-state index in [0.29, 0.717) is 11.3 Å². The van der Waals surface area contributed by atoms with E-state index in [1.807, 2.05) is 12.1 Å². The molecule has 0 aliphatic carbocycles. The lowest BCUT2D eigenvalue weighted by molar-refractivity contribution is -0.112. The van der Waals surface area contributed by atoms with Crippen molar-refractivity contribution in [2.24, 2.45) is 0 Å². The number of ketones is 1. The Bertz CT molecular complexity index is 449. The summed E-state index contributed by atoms with van der Waals surface area (Å²) in [6.07, 6.45) is 1.29. The summed E-state index contributed by atoms with van der Waals surface area (Å²) in [6, 6.07) is 7.12. The fourth-order valence-corrected chi connectivity index (χ4v) is 1.75. The minimum atomic E-state index is -0.444. The molecule has 0 unspecified atom stereocenters. The third-order valence-corrected chi connectivity index (χ3v) is 2.69. The fraction of sp³-hybridized carbons (Fsp3) is 0.167. The molecule has 0 aliphatic rings. The molecule has 0 saturated heterocycles. The minimum Gasteiger partial charge on any atom is -0.428 e. The number of esters is 1. The van der Waals surface area contributed by atoms with E-state index < -0.39 is 5.97 Å². The number of hydrogen-bond acceptors (Lipinski definition) is 3. The Morgan fingerprint density at radius 2 is 1.88 bits per heavy atom. The summed E-state index contributed by atoms with van der Waals surface area (Å²) < 4.78 is 5.84. The molecule has 0 fully saturated rings. The molecule has 0 radical (unpaired) electrons. The smallest absolute Gasteiger partial charge is 0.344 e. The van der Waals surface area contributed by atoms with Gasteiger partial charge in [0.15, 0.2) is 5.78 Å². The number of ether oxygens (including phenoxy) is 1. The van der Waals surface area contributed by atoms with Crippen LogP contribution in [0.3, 0.4) is 0 Å². The minimum absolute atomic E-state index is 0.145. The van der Waals surface area contributed by atoms with Crippen molar-refractivity contribution in [1.82, 2.24) is 0 Å². The van der Waals surface area contributed by atoms with Crippen LogP contribution in [0.2, 0.25) is 0 Å². The Morgan fingerprint density at radius 3 is 2.44 bits per heavy atom. The zero-order valence-corrected chi connectivity index (χ0v) is 11.1. The van der Waals surface area contributed by atoms with Crippen molar-refractivity contribution < 1.29 is 14.3 Å². The Hall–Kier alpha value is -1.17. The number of carbonyl (C=O) groups excluding carboxylic acids is 2. The second kappa shape index (κ2) is 5.79. The van der Waals surface area contributed by atoms with Crippen LogP contribution in [-0.4, -0.2) is 11.8 Å². The maximum absolute atomic E-state index is 11.7. The van der Waals surface area contributed by atoms with Gasteiger partial charge in [-0.05, 0) is 48.6 Å². The van der Waals surface area contributed by atoms with Gasteiger partial charge in [0.25, 0.3) is 0 Å². The molecule has 1 aromatic rings. The van der Waals surface area contributed by atoms with E-state index in [9.17, 15) is 9.59 Å². The van der Waals surface area contributed by atoms with Crippen molar-refractivity contribution in [2.45, 2.75) is 13.8 Å². The molecular formula is C12H11IO3. The summed E-state index contributed by atoms with van der Waals surface area (Å²) in [4.78, 5) is 22.4. The number of allylic oxidation sites excluding steroid dienone is 2. The summed E-state index contributed by atoms with van der Waals surface area (Å²) in [6.45, 7) is 2.98. The molecule has 0 atom stereocenters. The van der Waals surface area contributed by atoms with E-state index in [1.165, 1.54) is 13.0 Å². The van der Waals surface area contributed by atoms with Gasteiger partial charge in [0.2, 0.25) is 0 Å². The van der Waals surface area contributed by atoms with Gasteiger partial charge in [0, 0.05) is 9.65 Å². The first-order valence-corrected chi connectivity index (χ1v) is 5.74. The molecule has 0 bridgehead atoms. The average Bonchev–Trinajstić information content (AvgIpc) is 2.16. The Kier molecular flexibility index (Phi) is 4.67. The van der Waals surface area contributed by atoms with E-state index in [1.54, 1.807) is 19.1 Å². The molecule has 16 heavy (non-hydrogen) atoms. The highest BCUT2D eigenvalue weighted by Gasteiger charge is 2.11. The van der Waals surface area contributed by atoms with Gasteiger partial charge in [-0.15, -0.1) is 0 Å². The first-order valence-electron chi connectivity index (χ1n) is 4.66. The first-order chi connectivity index (χ1) is 7.50. The molecule has 3 nitrogen and oxygen atoms in total. The summed E-state index contributed by atoms with van der Waals surface area (Å²) in [5.41, 5.74) is 0.499. The number of rotatable bonds is 3. The van der Waals surface area contributed by atoms with Gasteiger partial charge in [-0.1, -0.05) is 12.1 Å². The lowest BCUT2D eigenvalue weighted by Crippen LogP contribution is -2.06. The van der Waals surface area contributed by atoms with E-state index >= 15 is 0 Å². The van der Waals surface area contributed by atoms with Crippen molar-refractivity contribution in [3.8, 4) is 0 Å². The van der Waals surface area contributed by atoms with Crippen molar-refractivity contribution in [2.75, 3.05) is 0 Å². The van der Waals surface area contributed by atoms with Gasteiger partial charge in [0.1, 0.15) is 5.76 Å². The summed E-state index contributed by atoms with van der Waals surface area (Å²) >= 11 is 2.06. The van der Waals surface area contributed by atoms with Gasteiger partial charge < -0.3 is 4.74 Å². The lowest BCUT2D eigenvalue weighted by atomic mass is 10.2. The highest BCUT2D eigenvalue weighted by Crippen LogP contribution is 2.14. The normalized spacial score (nSPS) is 11.1. The van der Waals surface area contributed by atoms with Crippen molar-refractivity contribution in [3.63, 3.8) is 0 Å². The molecule has 0 aromatic heterocycles. The third kappa shape index (κ3) is 3.77. The monoisotopic (exact) mass is 330 g/mol. The van der Waals surface area contributed by atoms with E-state index in [0.717, 1.165) is 3.57 Å². The Balaban J connectivity index is 2.81. The van der Waals surface area contributed by atoms with Crippen molar-refractivity contribution in [1.29, 1.82) is 0 Å².